The van der Waals surface area contributed by atoms with Gasteiger partial charge in [0.2, 0.25) is 0 Å². The van der Waals surface area contributed by atoms with E-state index >= 15 is 0 Å². The summed E-state index contributed by atoms with van der Waals surface area (Å²) in [6.07, 6.45) is 4.22. The summed E-state index contributed by atoms with van der Waals surface area (Å²) >= 11 is 0. The number of esters is 1. The molecule has 1 N–H and O–H groups in total. The molecule has 1 aliphatic rings. The molecule has 0 aliphatic heterocycles. The number of rotatable bonds is 6. The molecule has 0 aromatic heterocycles. The van der Waals surface area contributed by atoms with Gasteiger partial charge in [0.1, 0.15) is 18.2 Å². The maximum atomic E-state index is 12.2. The average molecular weight is 347 g/mol. The molecule has 0 radical (unpaired) electrons. The van der Waals surface area contributed by atoms with E-state index < -0.39 is 18.1 Å². The molecule has 1 aromatic carbocycles. The van der Waals surface area contributed by atoms with Crippen LogP contribution >= 0.6 is 0 Å². The molecule has 0 heterocycles. The van der Waals surface area contributed by atoms with Gasteiger partial charge in [0, 0.05) is 0 Å². The molecule has 1 aliphatic carbocycles. The lowest BCUT2D eigenvalue weighted by atomic mass is 9.98. The van der Waals surface area contributed by atoms with Crippen LogP contribution in [0.2, 0.25) is 0 Å². The Hall–Kier alpha value is -2.04. The van der Waals surface area contributed by atoms with Gasteiger partial charge < -0.3 is 14.8 Å². The number of ether oxygens (including phenoxy) is 2. The van der Waals surface area contributed by atoms with Gasteiger partial charge in [-0.25, -0.2) is 9.59 Å². The van der Waals surface area contributed by atoms with Crippen LogP contribution in [0.25, 0.3) is 0 Å². The summed E-state index contributed by atoms with van der Waals surface area (Å²) in [4.78, 5) is 24.3. The maximum absolute atomic E-state index is 12.2. The fraction of sp³-hybridized carbons (Fsp3) is 0.600. The zero-order valence-electron chi connectivity index (χ0n) is 15.4. The first-order chi connectivity index (χ1) is 12.0. The Labute approximate surface area is 150 Å². The lowest BCUT2D eigenvalue weighted by Gasteiger charge is -2.25. The largest absolute Gasteiger partial charge is 0.461 e. The number of carbonyl (C=O) groups excluding carboxylic acids is 2. The second-order valence-corrected chi connectivity index (χ2v) is 7.04. The van der Waals surface area contributed by atoms with Gasteiger partial charge in [-0.05, 0) is 44.1 Å². The summed E-state index contributed by atoms with van der Waals surface area (Å²) in [5.74, 6) is -0.276. The minimum Gasteiger partial charge on any atom is -0.461 e. The van der Waals surface area contributed by atoms with Crippen molar-refractivity contribution in [2.24, 2.45) is 5.92 Å². The van der Waals surface area contributed by atoms with Gasteiger partial charge in [0.15, 0.2) is 0 Å². The highest BCUT2D eigenvalue weighted by Crippen LogP contribution is 2.25. The molecule has 2 atom stereocenters. The number of hydrogen-bond donors (Lipinski definition) is 1. The van der Waals surface area contributed by atoms with Crippen molar-refractivity contribution < 1.29 is 19.1 Å². The van der Waals surface area contributed by atoms with Crippen LogP contribution in [0.3, 0.4) is 0 Å². The summed E-state index contributed by atoms with van der Waals surface area (Å²) in [5.41, 5.74) is 0.935. The number of hydrogen-bond acceptors (Lipinski definition) is 4. The summed E-state index contributed by atoms with van der Waals surface area (Å²) in [7, 11) is 0. The Morgan fingerprint density at radius 1 is 1.04 bits per heavy atom. The van der Waals surface area contributed by atoms with Crippen LogP contribution in [0.15, 0.2) is 30.3 Å². The third-order valence-electron chi connectivity index (χ3n) is 4.49. The third kappa shape index (κ3) is 6.07. The Morgan fingerprint density at radius 2 is 1.68 bits per heavy atom. The van der Waals surface area contributed by atoms with Crippen molar-refractivity contribution in [1.29, 1.82) is 0 Å². The molecular formula is C20H29NO4. The van der Waals surface area contributed by atoms with E-state index in [2.05, 4.69) is 5.32 Å². The van der Waals surface area contributed by atoms with Crippen molar-refractivity contribution >= 4 is 12.1 Å². The van der Waals surface area contributed by atoms with Crippen LogP contribution in [0.4, 0.5) is 4.79 Å². The van der Waals surface area contributed by atoms with Crippen LogP contribution in [-0.4, -0.2) is 24.2 Å². The quantitative estimate of drug-likeness (QED) is 0.776. The van der Waals surface area contributed by atoms with E-state index in [0.29, 0.717) is 0 Å². The maximum Gasteiger partial charge on any atom is 0.408 e. The van der Waals surface area contributed by atoms with E-state index in [0.717, 1.165) is 31.2 Å². The van der Waals surface area contributed by atoms with Crippen molar-refractivity contribution in [1.82, 2.24) is 5.32 Å². The zero-order chi connectivity index (χ0) is 18.2. The van der Waals surface area contributed by atoms with Crippen LogP contribution in [0.1, 0.15) is 64.5 Å². The van der Waals surface area contributed by atoms with Crippen molar-refractivity contribution in [3.8, 4) is 0 Å². The normalized spacial score (nSPS) is 17.6. The van der Waals surface area contributed by atoms with E-state index in [9.17, 15) is 9.59 Å². The Kier molecular flexibility index (Phi) is 7.29. The number of benzene rings is 1. The van der Waals surface area contributed by atoms with Crippen LogP contribution in [-0.2, 0) is 14.3 Å². The second kappa shape index (κ2) is 9.44. The van der Waals surface area contributed by atoms with Gasteiger partial charge in [0.25, 0.3) is 0 Å². The minimum atomic E-state index is -0.724. The number of amides is 1. The van der Waals surface area contributed by atoms with Gasteiger partial charge in [-0.1, -0.05) is 50.6 Å². The van der Waals surface area contributed by atoms with E-state index in [1.807, 2.05) is 44.2 Å². The fourth-order valence-electron chi connectivity index (χ4n) is 3.07. The molecule has 0 bridgehead atoms. The molecule has 0 spiro atoms. The van der Waals surface area contributed by atoms with Gasteiger partial charge in [0.05, 0.1) is 0 Å². The second-order valence-electron chi connectivity index (χ2n) is 7.04. The SMILES string of the molecule is CC(NC(=O)OC(c1ccccc1)C(C)C)C(=O)OC1CCCCC1. The highest BCUT2D eigenvalue weighted by atomic mass is 16.6. The predicted octanol–water partition coefficient (Wildman–Crippen LogP) is 4.37. The van der Waals surface area contributed by atoms with E-state index in [1.54, 1.807) is 6.92 Å². The molecular weight excluding hydrogens is 318 g/mol. The topological polar surface area (TPSA) is 64.6 Å². The summed E-state index contributed by atoms with van der Waals surface area (Å²) in [6.45, 7) is 5.61. The predicted molar refractivity (Wildman–Crippen MR) is 96.1 cm³/mol. The molecule has 5 nitrogen and oxygen atoms in total. The molecule has 1 saturated carbocycles. The fourth-order valence-corrected chi connectivity index (χ4v) is 3.07. The molecule has 5 heteroatoms. The first-order valence-corrected chi connectivity index (χ1v) is 9.20. The molecule has 138 valence electrons. The van der Waals surface area contributed by atoms with Crippen LogP contribution in [0, 0.1) is 5.92 Å². The van der Waals surface area contributed by atoms with Gasteiger partial charge in [-0.15, -0.1) is 0 Å². The number of alkyl carbamates (subject to hydrolysis) is 1. The van der Waals surface area contributed by atoms with E-state index in [4.69, 9.17) is 9.47 Å². The smallest absolute Gasteiger partial charge is 0.408 e. The van der Waals surface area contributed by atoms with Gasteiger partial charge in [-0.2, -0.15) is 0 Å². The summed E-state index contributed by atoms with van der Waals surface area (Å²) < 4.78 is 11.0. The first-order valence-electron chi connectivity index (χ1n) is 9.20. The zero-order valence-corrected chi connectivity index (χ0v) is 15.4. The molecule has 25 heavy (non-hydrogen) atoms. The van der Waals surface area contributed by atoms with Crippen molar-refractivity contribution in [3.05, 3.63) is 35.9 Å². The molecule has 1 fully saturated rings. The molecule has 2 rings (SSSR count). The molecule has 1 amide bonds. The van der Waals surface area contributed by atoms with Gasteiger partial charge >= 0.3 is 12.1 Å². The molecule has 1 aromatic rings. The van der Waals surface area contributed by atoms with Crippen molar-refractivity contribution in [3.63, 3.8) is 0 Å². The third-order valence-corrected chi connectivity index (χ3v) is 4.49. The monoisotopic (exact) mass is 347 g/mol. The lowest BCUT2D eigenvalue weighted by Crippen LogP contribution is -2.42. The van der Waals surface area contributed by atoms with E-state index in [1.165, 1.54) is 6.42 Å². The van der Waals surface area contributed by atoms with Crippen LogP contribution in [0.5, 0.6) is 0 Å². The number of carbonyl (C=O) groups is 2. The molecule has 2 unspecified atom stereocenters. The van der Waals surface area contributed by atoms with Crippen LogP contribution < -0.4 is 5.32 Å². The van der Waals surface area contributed by atoms with Crippen molar-refractivity contribution in [2.45, 2.75) is 71.1 Å². The Balaban J connectivity index is 1.85. The standard InChI is InChI=1S/C20H29NO4/c1-14(2)18(16-10-6-4-7-11-16)25-20(23)21-15(3)19(22)24-17-12-8-5-9-13-17/h4,6-7,10-11,14-15,17-18H,5,8-9,12-13H2,1-3H3,(H,21,23). The highest BCUT2D eigenvalue weighted by molar-refractivity contribution is 5.81. The molecule has 0 saturated heterocycles. The minimum absolute atomic E-state index is 0.0192. The average Bonchev–Trinajstić information content (AvgIpc) is 2.61. The van der Waals surface area contributed by atoms with E-state index in [-0.39, 0.29) is 18.1 Å². The number of nitrogens with one attached hydrogen (secondary N) is 1. The Bertz CT molecular complexity index is 552. The Morgan fingerprint density at radius 3 is 2.28 bits per heavy atom. The van der Waals surface area contributed by atoms with Gasteiger partial charge in [-0.3, -0.25) is 0 Å². The first kappa shape index (κ1) is 19.3. The highest BCUT2D eigenvalue weighted by Gasteiger charge is 2.25. The van der Waals surface area contributed by atoms with Crippen molar-refractivity contribution in [2.75, 3.05) is 0 Å². The summed E-state index contributed by atoms with van der Waals surface area (Å²) in [6, 6.07) is 8.88. The lowest BCUT2D eigenvalue weighted by molar-refractivity contribution is -0.152. The summed E-state index contributed by atoms with van der Waals surface area (Å²) in [5, 5.41) is 2.59.